The van der Waals surface area contributed by atoms with Gasteiger partial charge in [-0.3, -0.25) is 4.79 Å². The molecule has 0 aromatic heterocycles. The lowest BCUT2D eigenvalue weighted by atomic mass is 10.0. The van der Waals surface area contributed by atoms with Crippen molar-refractivity contribution in [1.29, 1.82) is 0 Å². The lowest BCUT2D eigenvalue weighted by Crippen LogP contribution is -2.48. The van der Waals surface area contributed by atoms with E-state index in [0.29, 0.717) is 55.4 Å². The summed E-state index contributed by atoms with van der Waals surface area (Å²) >= 11 is 0. The van der Waals surface area contributed by atoms with E-state index in [0.717, 1.165) is 11.4 Å². The van der Waals surface area contributed by atoms with E-state index in [-0.39, 0.29) is 5.91 Å². The second kappa shape index (κ2) is 9.71. The lowest BCUT2D eigenvalue weighted by molar-refractivity contribution is 0.0746. The first kappa shape index (κ1) is 21.8. The monoisotopic (exact) mass is 414 g/mol. The van der Waals surface area contributed by atoms with Crippen LogP contribution in [-0.4, -0.2) is 62.9 Å². The zero-order chi connectivity index (χ0) is 21.7. The molecule has 7 heteroatoms. The predicted octanol–water partition coefficient (Wildman–Crippen LogP) is 3.12. The van der Waals surface area contributed by atoms with Crippen LogP contribution in [0.25, 0.3) is 0 Å². The van der Waals surface area contributed by atoms with E-state index in [2.05, 4.69) is 4.90 Å². The van der Waals surface area contributed by atoms with Crippen molar-refractivity contribution in [3.8, 4) is 17.2 Å². The third-order valence-electron chi connectivity index (χ3n) is 5.28. The van der Waals surface area contributed by atoms with Crippen LogP contribution in [0.3, 0.4) is 0 Å². The Bertz CT molecular complexity index is 876. The van der Waals surface area contributed by atoms with E-state index in [9.17, 15) is 9.90 Å². The van der Waals surface area contributed by atoms with E-state index in [1.807, 2.05) is 36.1 Å². The minimum absolute atomic E-state index is 0.0874. The van der Waals surface area contributed by atoms with Crippen molar-refractivity contribution in [2.24, 2.45) is 0 Å². The first-order chi connectivity index (χ1) is 14.5. The summed E-state index contributed by atoms with van der Waals surface area (Å²) in [5.41, 5.74) is 2.06. The average Bonchev–Trinajstić information content (AvgIpc) is 2.78. The van der Waals surface area contributed by atoms with Crippen LogP contribution >= 0.6 is 0 Å². The summed E-state index contributed by atoms with van der Waals surface area (Å²) in [4.78, 5) is 17.2. The number of hydrogen-bond donors (Lipinski definition) is 1. The molecule has 0 bridgehead atoms. The number of carbonyl (C=O) groups excluding carboxylic acids is 1. The summed E-state index contributed by atoms with van der Waals surface area (Å²) in [6, 6.07) is 11.3. The van der Waals surface area contributed by atoms with Gasteiger partial charge in [0.2, 0.25) is 0 Å². The molecule has 1 aliphatic heterocycles. The Hall–Kier alpha value is -2.93. The molecule has 0 spiro atoms. The molecule has 0 aliphatic carbocycles. The van der Waals surface area contributed by atoms with Gasteiger partial charge in [0, 0.05) is 37.3 Å². The molecule has 162 valence electrons. The molecule has 1 unspecified atom stereocenters. The lowest BCUT2D eigenvalue weighted by Gasteiger charge is -2.36. The Morgan fingerprint density at radius 2 is 1.77 bits per heavy atom. The maximum atomic E-state index is 13.2. The van der Waals surface area contributed by atoms with Crippen LogP contribution in [0.2, 0.25) is 0 Å². The van der Waals surface area contributed by atoms with E-state index < -0.39 is 6.10 Å². The molecule has 1 N–H and O–H groups in total. The Morgan fingerprint density at radius 1 is 1.07 bits per heavy atom. The van der Waals surface area contributed by atoms with Crippen molar-refractivity contribution in [3.63, 3.8) is 0 Å². The number of rotatable bonds is 7. The number of carbonyl (C=O) groups is 1. The number of aliphatic hydroxyl groups is 1. The molecule has 1 heterocycles. The van der Waals surface area contributed by atoms with Crippen LogP contribution in [0.1, 0.15) is 35.9 Å². The molecule has 1 aliphatic rings. The SMILES string of the molecule is CCOc1ccccc1N1CCN(C(=O)c2cc(OC)c(OC)c(C(C)O)c2)CC1. The van der Waals surface area contributed by atoms with Gasteiger partial charge >= 0.3 is 0 Å². The molecule has 1 fully saturated rings. The maximum Gasteiger partial charge on any atom is 0.254 e. The summed E-state index contributed by atoms with van der Waals surface area (Å²) in [7, 11) is 3.04. The Labute approximate surface area is 177 Å². The number of ether oxygens (including phenoxy) is 3. The van der Waals surface area contributed by atoms with E-state index in [1.54, 1.807) is 19.1 Å². The molecule has 0 radical (unpaired) electrons. The summed E-state index contributed by atoms with van der Waals surface area (Å²) < 4.78 is 16.5. The van der Waals surface area contributed by atoms with E-state index in [4.69, 9.17) is 14.2 Å². The highest BCUT2D eigenvalue weighted by Gasteiger charge is 2.26. The highest BCUT2D eigenvalue weighted by molar-refractivity contribution is 5.95. The number of piperazine rings is 1. The Kier molecular flexibility index (Phi) is 7.05. The van der Waals surface area contributed by atoms with Crippen molar-refractivity contribution in [3.05, 3.63) is 47.5 Å². The molecule has 1 amide bonds. The number of anilines is 1. The second-order valence-electron chi connectivity index (χ2n) is 7.16. The molecule has 1 saturated heterocycles. The van der Waals surface area contributed by atoms with Crippen LogP contribution in [0.4, 0.5) is 5.69 Å². The van der Waals surface area contributed by atoms with Crippen molar-refractivity contribution < 1.29 is 24.1 Å². The van der Waals surface area contributed by atoms with Gasteiger partial charge in [-0.1, -0.05) is 12.1 Å². The quantitative estimate of drug-likeness (QED) is 0.751. The summed E-state index contributed by atoms with van der Waals surface area (Å²) in [5.74, 6) is 1.65. The number of amides is 1. The molecule has 7 nitrogen and oxygen atoms in total. The van der Waals surface area contributed by atoms with Crippen LogP contribution in [0.5, 0.6) is 17.2 Å². The molecule has 3 rings (SSSR count). The number of para-hydroxylation sites is 2. The normalized spacial score (nSPS) is 15.0. The third kappa shape index (κ3) is 4.46. The number of nitrogens with zero attached hydrogens (tertiary/aromatic N) is 2. The van der Waals surface area contributed by atoms with Gasteiger partial charge in [0.25, 0.3) is 5.91 Å². The molecule has 2 aromatic carbocycles. The van der Waals surface area contributed by atoms with Crippen LogP contribution in [-0.2, 0) is 0 Å². The first-order valence-corrected chi connectivity index (χ1v) is 10.2. The van der Waals surface area contributed by atoms with Crippen molar-refractivity contribution in [1.82, 2.24) is 4.90 Å². The molecular weight excluding hydrogens is 384 g/mol. The smallest absolute Gasteiger partial charge is 0.254 e. The number of hydrogen-bond acceptors (Lipinski definition) is 6. The zero-order valence-electron chi connectivity index (χ0n) is 18.1. The van der Waals surface area contributed by atoms with Gasteiger partial charge in [-0.2, -0.15) is 0 Å². The largest absolute Gasteiger partial charge is 0.493 e. The van der Waals surface area contributed by atoms with Crippen molar-refractivity contribution in [2.45, 2.75) is 20.0 Å². The number of methoxy groups -OCH3 is 2. The first-order valence-electron chi connectivity index (χ1n) is 10.2. The summed E-state index contributed by atoms with van der Waals surface area (Å²) in [6.07, 6.45) is -0.784. The van der Waals surface area contributed by atoms with Crippen LogP contribution < -0.4 is 19.1 Å². The van der Waals surface area contributed by atoms with Gasteiger partial charge in [-0.05, 0) is 38.1 Å². The number of aliphatic hydroxyl groups excluding tert-OH is 1. The highest BCUT2D eigenvalue weighted by atomic mass is 16.5. The van der Waals surface area contributed by atoms with E-state index in [1.165, 1.54) is 14.2 Å². The molecule has 30 heavy (non-hydrogen) atoms. The van der Waals surface area contributed by atoms with Crippen LogP contribution in [0, 0.1) is 0 Å². The zero-order valence-corrected chi connectivity index (χ0v) is 18.1. The fourth-order valence-electron chi connectivity index (χ4n) is 3.76. The van der Waals surface area contributed by atoms with Gasteiger partial charge in [0.15, 0.2) is 11.5 Å². The molecule has 1 atom stereocenters. The van der Waals surface area contributed by atoms with Crippen molar-refractivity contribution in [2.75, 3.05) is 51.9 Å². The maximum absolute atomic E-state index is 13.2. The van der Waals surface area contributed by atoms with Crippen molar-refractivity contribution >= 4 is 11.6 Å². The standard InChI is InChI=1S/C23H30N2O5/c1-5-30-20-9-7-6-8-19(20)24-10-12-25(13-11-24)23(27)17-14-18(16(2)26)22(29-4)21(15-17)28-3/h6-9,14-16,26H,5,10-13H2,1-4H3. The van der Waals surface area contributed by atoms with E-state index >= 15 is 0 Å². The average molecular weight is 415 g/mol. The fraction of sp³-hybridized carbons (Fsp3) is 0.435. The summed E-state index contributed by atoms with van der Waals surface area (Å²) in [6.45, 7) is 6.84. The minimum atomic E-state index is -0.784. The van der Waals surface area contributed by atoms with Gasteiger partial charge < -0.3 is 29.1 Å². The van der Waals surface area contributed by atoms with Crippen LogP contribution in [0.15, 0.2) is 36.4 Å². The molecule has 0 saturated carbocycles. The van der Waals surface area contributed by atoms with Gasteiger partial charge in [0.1, 0.15) is 5.75 Å². The molecular formula is C23H30N2O5. The Balaban J connectivity index is 1.77. The predicted molar refractivity (Wildman–Crippen MR) is 116 cm³/mol. The second-order valence-corrected chi connectivity index (χ2v) is 7.16. The minimum Gasteiger partial charge on any atom is -0.493 e. The Morgan fingerprint density at radius 3 is 2.37 bits per heavy atom. The summed E-state index contributed by atoms with van der Waals surface area (Å²) in [5, 5.41) is 10.1. The van der Waals surface area contributed by atoms with Gasteiger partial charge in [0.05, 0.1) is 32.6 Å². The third-order valence-corrected chi connectivity index (χ3v) is 5.28. The fourth-order valence-corrected chi connectivity index (χ4v) is 3.76. The van der Waals surface area contributed by atoms with Gasteiger partial charge in [-0.25, -0.2) is 0 Å². The highest BCUT2D eigenvalue weighted by Crippen LogP contribution is 2.36. The number of benzene rings is 2. The topological polar surface area (TPSA) is 71.5 Å². The molecule has 2 aromatic rings. The van der Waals surface area contributed by atoms with Gasteiger partial charge in [-0.15, -0.1) is 0 Å².